The van der Waals surface area contributed by atoms with Crippen LogP contribution in [0.2, 0.25) is 0 Å². The molecule has 0 aromatic carbocycles. The Morgan fingerprint density at radius 2 is 2.00 bits per heavy atom. The van der Waals surface area contributed by atoms with Crippen LogP contribution in [0.25, 0.3) is 0 Å². The molecule has 0 amide bonds. The van der Waals surface area contributed by atoms with Gasteiger partial charge in [0.2, 0.25) is 10.0 Å². The Kier molecular flexibility index (Phi) is 5.03. The molecule has 0 heterocycles. The monoisotopic (exact) mass is 225 g/mol. The van der Waals surface area contributed by atoms with E-state index in [0.717, 1.165) is 7.11 Å². The Labute approximate surface area is 83.3 Å². The van der Waals surface area contributed by atoms with Crippen LogP contribution < -0.4 is 4.72 Å². The lowest BCUT2D eigenvalue weighted by Gasteiger charge is -2.15. The number of methoxy groups -OCH3 is 1. The molecule has 0 fully saturated rings. The standard InChI is InChI=1S/C7H15NO5S/c1-5(2)14(11,12)8-6(4-9)7(10)13-3/h5-6,8-9H,4H2,1-3H3. The topological polar surface area (TPSA) is 92.7 Å². The molecule has 6 nitrogen and oxygen atoms in total. The number of sulfonamides is 1. The van der Waals surface area contributed by atoms with Crippen LogP contribution in [0.15, 0.2) is 0 Å². The Morgan fingerprint density at radius 1 is 1.50 bits per heavy atom. The fourth-order valence-electron chi connectivity index (χ4n) is 0.637. The van der Waals surface area contributed by atoms with Gasteiger partial charge in [0.25, 0.3) is 0 Å². The Morgan fingerprint density at radius 3 is 2.29 bits per heavy atom. The van der Waals surface area contributed by atoms with Crippen molar-refractivity contribution in [1.82, 2.24) is 4.72 Å². The largest absolute Gasteiger partial charge is 0.468 e. The van der Waals surface area contributed by atoms with Gasteiger partial charge in [0.15, 0.2) is 0 Å². The number of nitrogens with one attached hydrogen (secondary N) is 1. The van der Waals surface area contributed by atoms with Crippen LogP contribution in [0, 0.1) is 0 Å². The van der Waals surface area contributed by atoms with Crippen molar-refractivity contribution in [3.63, 3.8) is 0 Å². The molecule has 1 atom stereocenters. The molecule has 0 rings (SSSR count). The zero-order chi connectivity index (χ0) is 11.4. The molecule has 14 heavy (non-hydrogen) atoms. The zero-order valence-corrected chi connectivity index (χ0v) is 9.17. The van der Waals surface area contributed by atoms with Gasteiger partial charge in [-0.05, 0) is 13.8 Å². The number of hydrogen-bond acceptors (Lipinski definition) is 5. The molecule has 0 saturated heterocycles. The summed E-state index contributed by atoms with van der Waals surface area (Å²) in [6.45, 7) is 2.31. The van der Waals surface area contributed by atoms with Crippen molar-refractivity contribution in [1.29, 1.82) is 0 Å². The van der Waals surface area contributed by atoms with Crippen molar-refractivity contribution in [2.45, 2.75) is 25.1 Å². The molecule has 0 radical (unpaired) electrons. The highest BCUT2D eigenvalue weighted by Gasteiger charge is 2.26. The van der Waals surface area contributed by atoms with Crippen LogP contribution in [0.1, 0.15) is 13.8 Å². The number of esters is 1. The number of aliphatic hydroxyl groups is 1. The van der Waals surface area contributed by atoms with Crippen molar-refractivity contribution in [2.75, 3.05) is 13.7 Å². The van der Waals surface area contributed by atoms with E-state index in [9.17, 15) is 13.2 Å². The molecule has 0 aromatic heterocycles. The van der Waals surface area contributed by atoms with Gasteiger partial charge in [-0.1, -0.05) is 0 Å². The van der Waals surface area contributed by atoms with E-state index in [2.05, 4.69) is 4.74 Å². The summed E-state index contributed by atoms with van der Waals surface area (Å²) in [5, 5.41) is 8.08. The maximum Gasteiger partial charge on any atom is 0.326 e. The first-order chi connectivity index (χ1) is 6.35. The summed E-state index contributed by atoms with van der Waals surface area (Å²) in [4.78, 5) is 10.9. The molecule has 0 bridgehead atoms. The second-order valence-electron chi connectivity index (χ2n) is 2.97. The van der Waals surface area contributed by atoms with Crippen LogP contribution in [-0.4, -0.2) is 44.5 Å². The molecule has 84 valence electrons. The fourth-order valence-corrected chi connectivity index (χ4v) is 1.48. The van der Waals surface area contributed by atoms with E-state index in [0.29, 0.717) is 0 Å². The van der Waals surface area contributed by atoms with Crippen molar-refractivity contribution < 1.29 is 23.1 Å². The molecule has 7 heteroatoms. The van der Waals surface area contributed by atoms with Gasteiger partial charge in [-0.25, -0.2) is 8.42 Å². The summed E-state index contributed by atoms with van der Waals surface area (Å²) in [6, 6.07) is -1.23. The molecule has 2 N–H and O–H groups in total. The number of ether oxygens (including phenoxy) is 1. The molecular formula is C7H15NO5S. The lowest BCUT2D eigenvalue weighted by atomic mass is 10.3. The van der Waals surface area contributed by atoms with Gasteiger partial charge < -0.3 is 9.84 Å². The van der Waals surface area contributed by atoms with Gasteiger partial charge in [0.05, 0.1) is 19.0 Å². The number of hydrogen-bond donors (Lipinski definition) is 2. The van der Waals surface area contributed by atoms with E-state index in [4.69, 9.17) is 5.11 Å². The van der Waals surface area contributed by atoms with Gasteiger partial charge in [-0.2, -0.15) is 4.72 Å². The summed E-state index contributed by atoms with van der Waals surface area (Å²) in [6.07, 6.45) is 0. The Bertz CT molecular complexity index is 284. The SMILES string of the molecule is COC(=O)C(CO)NS(=O)(=O)C(C)C. The zero-order valence-electron chi connectivity index (χ0n) is 8.35. The highest BCUT2D eigenvalue weighted by molar-refractivity contribution is 7.90. The maximum atomic E-state index is 11.3. The van der Waals surface area contributed by atoms with Crippen LogP contribution in [0.5, 0.6) is 0 Å². The minimum absolute atomic E-state index is 0.626. The second kappa shape index (κ2) is 5.28. The number of aliphatic hydroxyl groups excluding tert-OH is 1. The molecular weight excluding hydrogens is 210 g/mol. The third-order valence-electron chi connectivity index (χ3n) is 1.60. The molecule has 0 saturated carbocycles. The van der Waals surface area contributed by atoms with E-state index < -0.39 is 33.9 Å². The normalized spacial score (nSPS) is 14.1. The number of rotatable bonds is 5. The minimum Gasteiger partial charge on any atom is -0.468 e. The van der Waals surface area contributed by atoms with Gasteiger partial charge in [-0.15, -0.1) is 0 Å². The van der Waals surface area contributed by atoms with Crippen molar-refractivity contribution in [3.8, 4) is 0 Å². The third kappa shape index (κ3) is 3.60. The maximum absolute atomic E-state index is 11.3. The average Bonchev–Trinajstić information content (AvgIpc) is 2.12. The van der Waals surface area contributed by atoms with Crippen LogP contribution in [-0.2, 0) is 19.6 Å². The first-order valence-electron chi connectivity index (χ1n) is 4.05. The number of carbonyl (C=O) groups excluding carboxylic acids is 1. The summed E-state index contributed by atoms with van der Waals surface area (Å²) in [7, 11) is -2.46. The van der Waals surface area contributed by atoms with E-state index in [1.807, 2.05) is 4.72 Å². The smallest absolute Gasteiger partial charge is 0.326 e. The highest BCUT2D eigenvalue weighted by Crippen LogP contribution is 1.99. The molecule has 1 unspecified atom stereocenters. The Hall–Kier alpha value is -0.660. The molecule has 0 aliphatic rings. The second-order valence-corrected chi connectivity index (χ2v) is 5.24. The fraction of sp³-hybridized carbons (Fsp3) is 0.857. The van der Waals surface area contributed by atoms with Crippen LogP contribution in [0.3, 0.4) is 0 Å². The molecule has 0 aromatic rings. The predicted molar refractivity (Wildman–Crippen MR) is 50.1 cm³/mol. The number of carbonyl (C=O) groups is 1. The van der Waals surface area contributed by atoms with Gasteiger partial charge in [0.1, 0.15) is 6.04 Å². The summed E-state index contributed by atoms with van der Waals surface area (Å²) in [5.41, 5.74) is 0. The molecule has 0 aliphatic carbocycles. The molecule has 0 spiro atoms. The predicted octanol–water partition coefficient (Wildman–Crippen LogP) is -1.15. The van der Waals surface area contributed by atoms with Gasteiger partial charge in [0, 0.05) is 0 Å². The first-order valence-corrected chi connectivity index (χ1v) is 5.59. The highest BCUT2D eigenvalue weighted by atomic mass is 32.2. The lowest BCUT2D eigenvalue weighted by Crippen LogP contribution is -2.46. The van der Waals surface area contributed by atoms with Gasteiger partial charge >= 0.3 is 5.97 Å². The van der Waals surface area contributed by atoms with Crippen molar-refractivity contribution >= 4 is 16.0 Å². The van der Waals surface area contributed by atoms with Crippen molar-refractivity contribution in [3.05, 3.63) is 0 Å². The Balaban J connectivity index is 4.56. The van der Waals surface area contributed by atoms with E-state index in [-0.39, 0.29) is 0 Å². The molecule has 0 aliphatic heterocycles. The third-order valence-corrected chi connectivity index (χ3v) is 3.45. The van der Waals surface area contributed by atoms with E-state index in [1.165, 1.54) is 13.8 Å². The first kappa shape index (κ1) is 13.3. The summed E-state index contributed by atoms with van der Waals surface area (Å²) in [5.74, 6) is -0.809. The summed E-state index contributed by atoms with van der Waals surface area (Å²) < 4.78 is 28.9. The summed E-state index contributed by atoms with van der Waals surface area (Å²) >= 11 is 0. The van der Waals surface area contributed by atoms with Gasteiger partial charge in [-0.3, -0.25) is 4.79 Å². The quantitative estimate of drug-likeness (QED) is 0.576. The minimum atomic E-state index is -3.58. The average molecular weight is 225 g/mol. The van der Waals surface area contributed by atoms with Crippen LogP contribution >= 0.6 is 0 Å². The van der Waals surface area contributed by atoms with Crippen molar-refractivity contribution in [2.24, 2.45) is 0 Å². The van der Waals surface area contributed by atoms with E-state index >= 15 is 0 Å². The lowest BCUT2D eigenvalue weighted by molar-refractivity contribution is -0.143. The van der Waals surface area contributed by atoms with Crippen LogP contribution in [0.4, 0.5) is 0 Å². The van der Waals surface area contributed by atoms with E-state index in [1.54, 1.807) is 0 Å².